The molecule has 2 nitrogen and oxygen atoms in total. The van der Waals surface area contributed by atoms with E-state index in [1.165, 1.54) is 36.8 Å². The fraction of sp³-hybridized carbons (Fsp3) is 0.455. The first kappa shape index (κ1) is 17.2. The van der Waals surface area contributed by atoms with Crippen LogP contribution in [-0.4, -0.2) is 36.0 Å². The van der Waals surface area contributed by atoms with E-state index in [1.54, 1.807) is 0 Å². The summed E-state index contributed by atoms with van der Waals surface area (Å²) in [5.41, 5.74) is 2.82. The molecule has 0 unspecified atom stereocenters. The molecule has 3 rings (SSSR count). The van der Waals surface area contributed by atoms with Crippen LogP contribution >= 0.6 is 0 Å². The summed E-state index contributed by atoms with van der Waals surface area (Å²) in [7, 11) is 4.60. The van der Waals surface area contributed by atoms with Crippen LogP contribution in [0.4, 0.5) is 0 Å². The Morgan fingerprint density at radius 2 is 1.04 bits per heavy atom. The average Bonchev–Trinajstić information content (AvgIpc) is 2.63. The van der Waals surface area contributed by atoms with Crippen LogP contribution in [0, 0.1) is 0 Å². The molecule has 0 heterocycles. The molecule has 0 bridgehead atoms. The fourth-order valence-corrected chi connectivity index (χ4v) is 4.10. The molecule has 0 amide bonds. The summed E-state index contributed by atoms with van der Waals surface area (Å²) in [6.45, 7) is 2.09. The van der Waals surface area contributed by atoms with Crippen molar-refractivity contribution in [2.24, 2.45) is 0 Å². The van der Waals surface area contributed by atoms with Gasteiger partial charge >= 0.3 is 0 Å². The highest BCUT2D eigenvalue weighted by atomic mass is 15.2. The SMILES string of the molecule is CN(Cc1ccccc1)[C@H]1CCCC[C@@H]1N(C)Cc1ccccc1. The van der Waals surface area contributed by atoms with Gasteiger partial charge < -0.3 is 0 Å². The molecule has 1 aliphatic carbocycles. The minimum absolute atomic E-state index is 0.646. The van der Waals surface area contributed by atoms with E-state index in [0.29, 0.717) is 12.1 Å². The highest BCUT2D eigenvalue weighted by Crippen LogP contribution is 2.27. The first-order valence-electron chi connectivity index (χ1n) is 9.22. The molecule has 0 saturated heterocycles. The zero-order chi connectivity index (χ0) is 16.8. The van der Waals surface area contributed by atoms with Crippen molar-refractivity contribution in [2.45, 2.75) is 50.9 Å². The molecule has 128 valence electrons. The Hall–Kier alpha value is -1.64. The van der Waals surface area contributed by atoms with E-state index in [4.69, 9.17) is 0 Å². The van der Waals surface area contributed by atoms with Crippen LogP contribution in [0.1, 0.15) is 36.8 Å². The van der Waals surface area contributed by atoms with Crippen molar-refractivity contribution in [3.63, 3.8) is 0 Å². The lowest BCUT2D eigenvalue weighted by molar-refractivity contribution is 0.0693. The van der Waals surface area contributed by atoms with Crippen molar-refractivity contribution in [3.05, 3.63) is 71.8 Å². The Kier molecular flexibility index (Phi) is 6.06. The van der Waals surface area contributed by atoms with E-state index in [-0.39, 0.29) is 0 Å². The molecule has 1 aliphatic rings. The van der Waals surface area contributed by atoms with E-state index >= 15 is 0 Å². The third-order valence-corrected chi connectivity index (χ3v) is 5.38. The maximum atomic E-state index is 2.57. The maximum Gasteiger partial charge on any atom is 0.0252 e. The van der Waals surface area contributed by atoms with Gasteiger partial charge in [-0.1, -0.05) is 73.5 Å². The minimum atomic E-state index is 0.646. The van der Waals surface area contributed by atoms with E-state index in [9.17, 15) is 0 Å². The molecule has 0 N–H and O–H groups in total. The summed E-state index contributed by atoms with van der Waals surface area (Å²) in [4.78, 5) is 5.14. The fourth-order valence-electron chi connectivity index (χ4n) is 4.10. The Morgan fingerprint density at radius 1 is 0.667 bits per heavy atom. The van der Waals surface area contributed by atoms with Crippen molar-refractivity contribution in [1.29, 1.82) is 0 Å². The summed E-state index contributed by atoms with van der Waals surface area (Å²) in [5, 5.41) is 0. The second-order valence-electron chi connectivity index (χ2n) is 7.22. The van der Waals surface area contributed by atoms with Crippen molar-refractivity contribution in [1.82, 2.24) is 9.80 Å². The molecule has 2 atom stereocenters. The van der Waals surface area contributed by atoms with Crippen LogP contribution < -0.4 is 0 Å². The van der Waals surface area contributed by atoms with Crippen molar-refractivity contribution in [3.8, 4) is 0 Å². The number of hydrogen-bond acceptors (Lipinski definition) is 2. The predicted octanol–water partition coefficient (Wildman–Crippen LogP) is 4.56. The lowest BCUT2D eigenvalue weighted by Gasteiger charge is -2.42. The van der Waals surface area contributed by atoms with Crippen LogP contribution in [0.5, 0.6) is 0 Å². The van der Waals surface area contributed by atoms with Crippen LogP contribution in [-0.2, 0) is 13.1 Å². The van der Waals surface area contributed by atoms with Gasteiger partial charge in [0, 0.05) is 25.2 Å². The zero-order valence-corrected chi connectivity index (χ0v) is 15.1. The maximum absolute atomic E-state index is 2.57. The Balaban J connectivity index is 1.66. The highest BCUT2D eigenvalue weighted by molar-refractivity contribution is 5.16. The molecule has 0 radical (unpaired) electrons. The van der Waals surface area contributed by atoms with E-state index in [2.05, 4.69) is 84.6 Å². The predicted molar refractivity (Wildman–Crippen MR) is 102 cm³/mol. The third kappa shape index (κ3) is 4.46. The minimum Gasteiger partial charge on any atom is -0.298 e. The van der Waals surface area contributed by atoms with Gasteiger partial charge in [-0.3, -0.25) is 9.80 Å². The first-order chi connectivity index (χ1) is 11.7. The van der Waals surface area contributed by atoms with Crippen molar-refractivity contribution in [2.75, 3.05) is 14.1 Å². The Labute approximate surface area is 147 Å². The zero-order valence-electron chi connectivity index (χ0n) is 15.1. The Morgan fingerprint density at radius 3 is 1.42 bits per heavy atom. The molecular formula is C22H30N2. The van der Waals surface area contributed by atoms with Gasteiger partial charge in [0.2, 0.25) is 0 Å². The van der Waals surface area contributed by atoms with Gasteiger partial charge in [0.1, 0.15) is 0 Å². The monoisotopic (exact) mass is 322 g/mol. The van der Waals surface area contributed by atoms with Gasteiger partial charge in [0.25, 0.3) is 0 Å². The van der Waals surface area contributed by atoms with Gasteiger partial charge in [-0.05, 0) is 38.1 Å². The lowest BCUT2D eigenvalue weighted by Crippen LogP contribution is -2.50. The van der Waals surface area contributed by atoms with Crippen LogP contribution in [0.3, 0.4) is 0 Å². The van der Waals surface area contributed by atoms with Gasteiger partial charge in [-0.2, -0.15) is 0 Å². The second kappa shape index (κ2) is 8.46. The number of benzene rings is 2. The number of nitrogens with zero attached hydrogens (tertiary/aromatic N) is 2. The molecule has 2 heteroatoms. The normalized spacial score (nSPS) is 21.3. The summed E-state index contributed by atoms with van der Waals surface area (Å²) in [6, 6.07) is 23.0. The molecular weight excluding hydrogens is 292 g/mol. The summed E-state index contributed by atoms with van der Waals surface area (Å²) < 4.78 is 0. The molecule has 0 spiro atoms. The third-order valence-electron chi connectivity index (χ3n) is 5.38. The number of rotatable bonds is 6. The van der Waals surface area contributed by atoms with E-state index in [1.807, 2.05) is 0 Å². The molecule has 0 aliphatic heterocycles. The topological polar surface area (TPSA) is 6.48 Å². The summed E-state index contributed by atoms with van der Waals surface area (Å²) in [6.07, 6.45) is 5.35. The largest absolute Gasteiger partial charge is 0.298 e. The number of likely N-dealkylation sites (N-methyl/N-ethyl adjacent to an activating group) is 2. The van der Waals surface area contributed by atoms with Gasteiger partial charge in [0.05, 0.1) is 0 Å². The van der Waals surface area contributed by atoms with Crippen LogP contribution in [0.15, 0.2) is 60.7 Å². The van der Waals surface area contributed by atoms with E-state index in [0.717, 1.165) is 13.1 Å². The molecule has 2 aromatic carbocycles. The molecule has 1 fully saturated rings. The highest BCUT2D eigenvalue weighted by Gasteiger charge is 2.31. The summed E-state index contributed by atoms with van der Waals surface area (Å²) >= 11 is 0. The smallest absolute Gasteiger partial charge is 0.0252 e. The first-order valence-corrected chi connectivity index (χ1v) is 9.22. The second-order valence-corrected chi connectivity index (χ2v) is 7.22. The van der Waals surface area contributed by atoms with Gasteiger partial charge in [-0.15, -0.1) is 0 Å². The van der Waals surface area contributed by atoms with Crippen LogP contribution in [0.25, 0.3) is 0 Å². The van der Waals surface area contributed by atoms with E-state index < -0.39 is 0 Å². The van der Waals surface area contributed by atoms with Crippen molar-refractivity contribution < 1.29 is 0 Å². The number of hydrogen-bond donors (Lipinski definition) is 0. The Bertz CT molecular complexity index is 540. The lowest BCUT2D eigenvalue weighted by atomic mass is 9.88. The molecule has 0 aromatic heterocycles. The quantitative estimate of drug-likeness (QED) is 0.769. The molecule has 2 aromatic rings. The van der Waals surface area contributed by atoms with Gasteiger partial charge in [-0.25, -0.2) is 0 Å². The van der Waals surface area contributed by atoms with Crippen LogP contribution in [0.2, 0.25) is 0 Å². The molecule has 1 saturated carbocycles. The summed E-state index contributed by atoms with van der Waals surface area (Å²) in [5.74, 6) is 0. The standard InChI is InChI=1S/C22H30N2/c1-23(17-19-11-5-3-6-12-19)21-15-9-10-16-22(21)24(2)18-20-13-7-4-8-14-20/h3-8,11-14,21-22H,9-10,15-18H2,1-2H3/t21-,22-/m0/s1. The average molecular weight is 322 g/mol. The molecule has 24 heavy (non-hydrogen) atoms. The van der Waals surface area contributed by atoms with Gasteiger partial charge in [0.15, 0.2) is 0 Å². The van der Waals surface area contributed by atoms with Crippen molar-refractivity contribution >= 4 is 0 Å².